The first-order valence-corrected chi connectivity index (χ1v) is 6.08. The van der Waals surface area contributed by atoms with Gasteiger partial charge in [-0.3, -0.25) is 0 Å². The van der Waals surface area contributed by atoms with E-state index in [1.54, 1.807) is 6.20 Å². The van der Waals surface area contributed by atoms with Crippen LogP contribution >= 0.6 is 31.9 Å². The van der Waals surface area contributed by atoms with Crippen molar-refractivity contribution >= 4 is 43.0 Å². The van der Waals surface area contributed by atoms with Gasteiger partial charge < -0.3 is 9.40 Å². The molecule has 3 aromatic heterocycles. The molecule has 0 spiro atoms. The quantitative estimate of drug-likeness (QED) is 0.732. The summed E-state index contributed by atoms with van der Waals surface area (Å²) in [5, 5.41) is 0. The third-order valence-corrected chi connectivity index (χ3v) is 2.97. The highest BCUT2D eigenvalue weighted by atomic mass is 79.9. The molecular weight excluding hydrogens is 338 g/mol. The fourth-order valence-corrected chi connectivity index (χ4v) is 2.07. The second-order valence-corrected chi connectivity index (χ2v) is 4.91. The first-order chi connectivity index (χ1) is 7.72. The Morgan fingerprint density at radius 2 is 2.12 bits per heavy atom. The predicted octanol–water partition coefficient (Wildman–Crippen LogP) is 3.74. The number of furan rings is 1. The van der Waals surface area contributed by atoms with Gasteiger partial charge in [-0.15, -0.1) is 0 Å². The molecule has 16 heavy (non-hydrogen) atoms. The molecule has 0 amide bonds. The zero-order valence-electron chi connectivity index (χ0n) is 7.87. The van der Waals surface area contributed by atoms with E-state index in [0.29, 0.717) is 21.9 Å². The van der Waals surface area contributed by atoms with Crippen LogP contribution in [0, 0.1) is 0 Å². The summed E-state index contributed by atoms with van der Waals surface area (Å²) in [6, 6.07) is 5.60. The average Bonchev–Trinajstić information content (AvgIpc) is 2.83. The van der Waals surface area contributed by atoms with Crippen molar-refractivity contribution in [3.63, 3.8) is 0 Å². The van der Waals surface area contributed by atoms with E-state index in [9.17, 15) is 0 Å². The van der Waals surface area contributed by atoms with Crippen molar-refractivity contribution < 1.29 is 4.42 Å². The molecule has 0 saturated carbocycles. The number of pyridine rings is 1. The van der Waals surface area contributed by atoms with Gasteiger partial charge in [-0.2, -0.15) is 0 Å². The van der Waals surface area contributed by atoms with Crippen molar-refractivity contribution in [2.45, 2.75) is 0 Å². The minimum atomic E-state index is 0.672. The zero-order chi connectivity index (χ0) is 11.1. The van der Waals surface area contributed by atoms with Crippen LogP contribution in [0.3, 0.4) is 0 Å². The minimum absolute atomic E-state index is 0.672. The molecule has 1 N–H and O–H groups in total. The topological polar surface area (TPSA) is 54.7 Å². The number of rotatable bonds is 1. The Bertz CT molecular complexity index is 659. The monoisotopic (exact) mass is 341 g/mol. The highest BCUT2D eigenvalue weighted by molar-refractivity contribution is 9.10. The highest BCUT2D eigenvalue weighted by Crippen LogP contribution is 2.25. The summed E-state index contributed by atoms with van der Waals surface area (Å²) in [6.45, 7) is 0. The van der Waals surface area contributed by atoms with Crippen LogP contribution in [-0.4, -0.2) is 15.0 Å². The summed E-state index contributed by atoms with van der Waals surface area (Å²) >= 11 is 6.61. The van der Waals surface area contributed by atoms with Gasteiger partial charge in [-0.05, 0) is 50.1 Å². The van der Waals surface area contributed by atoms with Crippen LogP contribution < -0.4 is 0 Å². The van der Waals surface area contributed by atoms with Gasteiger partial charge in [-0.25, -0.2) is 9.97 Å². The fourth-order valence-electron chi connectivity index (χ4n) is 1.43. The van der Waals surface area contributed by atoms with Crippen molar-refractivity contribution in [3.05, 3.63) is 33.5 Å². The van der Waals surface area contributed by atoms with Gasteiger partial charge >= 0.3 is 0 Å². The molecule has 0 aliphatic carbocycles. The maximum absolute atomic E-state index is 5.41. The van der Waals surface area contributed by atoms with E-state index in [1.165, 1.54) is 0 Å². The van der Waals surface area contributed by atoms with Crippen molar-refractivity contribution in [2.24, 2.45) is 0 Å². The van der Waals surface area contributed by atoms with Crippen LogP contribution in [0.15, 0.2) is 38.0 Å². The normalized spacial score (nSPS) is 11.1. The van der Waals surface area contributed by atoms with Gasteiger partial charge in [0.15, 0.2) is 21.9 Å². The number of aromatic amines is 1. The van der Waals surface area contributed by atoms with Crippen LogP contribution in [0.2, 0.25) is 0 Å². The van der Waals surface area contributed by atoms with E-state index in [0.717, 1.165) is 9.99 Å². The molecule has 0 aliphatic rings. The Kier molecular flexibility index (Phi) is 2.33. The van der Waals surface area contributed by atoms with Gasteiger partial charge in [0, 0.05) is 10.7 Å². The third-order valence-electron chi connectivity index (χ3n) is 2.11. The summed E-state index contributed by atoms with van der Waals surface area (Å²) in [6.07, 6.45) is 1.71. The standard InChI is InChI=1S/C10H5Br2N3O/c11-5-3-6-9(13-4-5)15-10(14-6)7-1-2-8(12)16-7/h1-4H,(H,13,14,15). The number of nitrogens with one attached hydrogen (secondary N) is 1. The lowest BCUT2D eigenvalue weighted by Gasteiger charge is -1.87. The molecule has 0 aromatic carbocycles. The van der Waals surface area contributed by atoms with Gasteiger partial charge in [0.25, 0.3) is 0 Å². The number of hydrogen-bond acceptors (Lipinski definition) is 3. The molecule has 0 unspecified atom stereocenters. The summed E-state index contributed by atoms with van der Waals surface area (Å²) in [7, 11) is 0. The van der Waals surface area contributed by atoms with Crippen molar-refractivity contribution in [2.75, 3.05) is 0 Å². The van der Waals surface area contributed by atoms with Gasteiger partial charge in [-0.1, -0.05) is 0 Å². The van der Waals surface area contributed by atoms with Gasteiger partial charge in [0.05, 0.1) is 5.52 Å². The number of fused-ring (bicyclic) bond motifs is 1. The summed E-state index contributed by atoms with van der Waals surface area (Å²) < 4.78 is 7.00. The molecular formula is C10H5Br2N3O. The average molecular weight is 343 g/mol. The number of H-pyrrole nitrogens is 1. The molecule has 0 aliphatic heterocycles. The van der Waals surface area contributed by atoms with Gasteiger partial charge in [0.2, 0.25) is 0 Å². The van der Waals surface area contributed by atoms with Gasteiger partial charge in [0.1, 0.15) is 0 Å². The molecule has 0 fully saturated rings. The Hall–Kier alpha value is -1.14. The molecule has 80 valence electrons. The molecule has 3 rings (SSSR count). The lowest BCUT2D eigenvalue weighted by Crippen LogP contribution is -1.75. The molecule has 0 atom stereocenters. The lowest BCUT2D eigenvalue weighted by molar-refractivity contribution is 0.552. The molecule has 6 heteroatoms. The highest BCUT2D eigenvalue weighted by Gasteiger charge is 2.09. The zero-order valence-corrected chi connectivity index (χ0v) is 11.0. The van der Waals surface area contributed by atoms with E-state index >= 15 is 0 Å². The molecule has 0 bridgehead atoms. The number of imidazole rings is 1. The summed E-state index contributed by atoms with van der Waals surface area (Å²) in [5.74, 6) is 1.35. The Morgan fingerprint density at radius 3 is 2.88 bits per heavy atom. The molecule has 4 nitrogen and oxygen atoms in total. The van der Waals surface area contributed by atoms with E-state index in [-0.39, 0.29) is 0 Å². The molecule has 3 heterocycles. The smallest absolute Gasteiger partial charge is 0.178 e. The predicted molar refractivity (Wildman–Crippen MR) is 67.0 cm³/mol. The first-order valence-electron chi connectivity index (χ1n) is 4.49. The van der Waals surface area contributed by atoms with Crippen LogP contribution in [0.4, 0.5) is 0 Å². The van der Waals surface area contributed by atoms with E-state index in [4.69, 9.17) is 4.42 Å². The van der Waals surface area contributed by atoms with Crippen LogP contribution in [0.1, 0.15) is 0 Å². The van der Waals surface area contributed by atoms with E-state index in [1.807, 2.05) is 18.2 Å². The Balaban J connectivity index is 2.18. The second-order valence-electron chi connectivity index (χ2n) is 3.21. The van der Waals surface area contributed by atoms with E-state index < -0.39 is 0 Å². The first kappa shape index (κ1) is 10.0. The Labute approximate surface area is 107 Å². The summed E-state index contributed by atoms with van der Waals surface area (Å²) in [4.78, 5) is 11.7. The number of halogens is 2. The largest absolute Gasteiger partial charge is 0.446 e. The van der Waals surface area contributed by atoms with Crippen molar-refractivity contribution in [1.29, 1.82) is 0 Å². The van der Waals surface area contributed by atoms with Crippen LogP contribution in [0.25, 0.3) is 22.7 Å². The summed E-state index contributed by atoms with van der Waals surface area (Å²) in [5.41, 5.74) is 1.54. The van der Waals surface area contributed by atoms with Crippen LogP contribution in [0.5, 0.6) is 0 Å². The van der Waals surface area contributed by atoms with Crippen LogP contribution in [-0.2, 0) is 0 Å². The maximum atomic E-state index is 5.41. The molecule has 0 radical (unpaired) electrons. The SMILES string of the molecule is Brc1cnc2nc(-c3ccc(Br)o3)[nH]c2c1. The number of nitrogens with zero attached hydrogens (tertiary/aromatic N) is 2. The lowest BCUT2D eigenvalue weighted by atomic mass is 10.4. The fraction of sp³-hybridized carbons (Fsp3) is 0. The maximum Gasteiger partial charge on any atom is 0.178 e. The van der Waals surface area contributed by atoms with Crippen molar-refractivity contribution in [3.8, 4) is 11.6 Å². The molecule has 3 aromatic rings. The number of aromatic nitrogens is 3. The minimum Gasteiger partial charge on any atom is -0.446 e. The van der Waals surface area contributed by atoms with Crippen molar-refractivity contribution in [1.82, 2.24) is 15.0 Å². The number of hydrogen-bond donors (Lipinski definition) is 1. The van der Waals surface area contributed by atoms with E-state index in [2.05, 4.69) is 46.8 Å². The second kappa shape index (κ2) is 3.71. The Morgan fingerprint density at radius 1 is 1.25 bits per heavy atom. The third kappa shape index (κ3) is 1.68. The molecule has 0 saturated heterocycles.